The molecule has 0 aromatic carbocycles. The molecular weight excluding hydrogens is 324 g/mol. The molecule has 1 atom stereocenters. The number of amides is 1. The van der Waals surface area contributed by atoms with Crippen molar-refractivity contribution in [3.8, 4) is 0 Å². The lowest BCUT2D eigenvalue weighted by Gasteiger charge is -2.35. The first kappa shape index (κ1) is 15.1. The molecule has 0 spiro atoms. The Morgan fingerprint density at radius 2 is 2.12 bits per heavy atom. The molecule has 6 heteroatoms. The molecule has 0 aliphatic carbocycles. The van der Waals surface area contributed by atoms with E-state index >= 15 is 0 Å². The summed E-state index contributed by atoms with van der Waals surface area (Å²) in [5.41, 5.74) is 2.25. The lowest BCUT2D eigenvalue weighted by atomic mass is 9.96. The number of carbonyl (C=O) groups excluding carboxylic acids is 1. The summed E-state index contributed by atoms with van der Waals surface area (Å²) >= 11 is 6.01. The van der Waals surface area contributed by atoms with Crippen molar-refractivity contribution >= 4 is 23.2 Å². The molecule has 24 heavy (non-hydrogen) atoms. The molecule has 1 fully saturated rings. The average Bonchev–Trinajstić information content (AvgIpc) is 3.05. The van der Waals surface area contributed by atoms with Crippen molar-refractivity contribution in [2.24, 2.45) is 0 Å². The molecular formula is C18H17ClN4O. The molecule has 3 aromatic rings. The highest BCUT2D eigenvalue weighted by Gasteiger charge is 2.30. The summed E-state index contributed by atoms with van der Waals surface area (Å²) in [7, 11) is 0. The van der Waals surface area contributed by atoms with Gasteiger partial charge in [-0.3, -0.25) is 9.78 Å². The maximum Gasteiger partial charge on any atom is 0.274 e. The van der Waals surface area contributed by atoms with Crippen LogP contribution in [0.15, 0.2) is 49.1 Å². The van der Waals surface area contributed by atoms with Crippen LogP contribution in [0.2, 0.25) is 5.02 Å². The van der Waals surface area contributed by atoms with Gasteiger partial charge in [0.25, 0.3) is 5.91 Å². The van der Waals surface area contributed by atoms with E-state index in [0.717, 1.165) is 37.0 Å². The van der Waals surface area contributed by atoms with E-state index in [1.54, 1.807) is 29.1 Å². The number of hydrogen-bond acceptors (Lipinski definition) is 3. The zero-order valence-electron chi connectivity index (χ0n) is 13.1. The molecule has 1 saturated heterocycles. The number of aromatic nitrogens is 3. The van der Waals surface area contributed by atoms with Gasteiger partial charge < -0.3 is 9.30 Å². The summed E-state index contributed by atoms with van der Waals surface area (Å²) in [6, 6.07) is 7.60. The quantitative estimate of drug-likeness (QED) is 0.714. The number of halogens is 1. The third-order valence-corrected chi connectivity index (χ3v) is 4.69. The Morgan fingerprint density at radius 3 is 2.96 bits per heavy atom. The third-order valence-electron chi connectivity index (χ3n) is 4.47. The average molecular weight is 341 g/mol. The van der Waals surface area contributed by atoms with Gasteiger partial charge in [-0.25, -0.2) is 4.98 Å². The second kappa shape index (κ2) is 6.24. The predicted octanol–water partition coefficient (Wildman–Crippen LogP) is 3.75. The van der Waals surface area contributed by atoms with E-state index in [1.807, 2.05) is 29.3 Å². The number of hydrogen-bond donors (Lipinski definition) is 0. The standard InChI is InChI=1S/C18H17ClN4O/c19-14-6-7-17-21-15(12-22(17)11-14)18(24)23-9-2-1-5-16(23)13-4-3-8-20-10-13/h3-4,6-8,10-12,16H,1-2,5,9H2/t16-/m0/s1. The SMILES string of the molecule is O=C(c1cn2cc(Cl)ccc2n1)N1CCCC[C@H]1c1cccnc1. The Balaban J connectivity index is 1.67. The van der Waals surface area contributed by atoms with Crippen LogP contribution in [0.4, 0.5) is 0 Å². The fraction of sp³-hybridized carbons (Fsp3) is 0.278. The number of nitrogens with zero attached hydrogens (tertiary/aromatic N) is 4. The maximum absolute atomic E-state index is 13.0. The lowest BCUT2D eigenvalue weighted by molar-refractivity contribution is 0.0606. The molecule has 1 aliphatic rings. The van der Waals surface area contributed by atoms with Gasteiger partial charge in [0.2, 0.25) is 0 Å². The zero-order valence-corrected chi connectivity index (χ0v) is 13.9. The molecule has 0 unspecified atom stereocenters. The van der Waals surface area contributed by atoms with Gasteiger partial charge in [-0.2, -0.15) is 0 Å². The first-order chi connectivity index (χ1) is 11.7. The summed E-state index contributed by atoms with van der Waals surface area (Å²) in [6.45, 7) is 0.743. The number of fused-ring (bicyclic) bond motifs is 1. The highest BCUT2D eigenvalue weighted by atomic mass is 35.5. The topological polar surface area (TPSA) is 50.5 Å². The van der Waals surface area contributed by atoms with Crippen molar-refractivity contribution in [3.63, 3.8) is 0 Å². The monoisotopic (exact) mass is 340 g/mol. The molecule has 4 heterocycles. The molecule has 0 saturated carbocycles. The minimum Gasteiger partial charge on any atom is -0.330 e. The van der Waals surface area contributed by atoms with Gasteiger partial charge in [-0.05, 0) is 43.0 Å². The zero-order chi connectivity index (χ0) is 16.5. The molecule has 4 rings (SSSR count). The molecule has 1 amide bonds. The second-order valence-electron chi connectivity index (χ2n) is 6.04. The largest absolute Gasteiger partial charge is 0.330 e. The Morgan fingerprint density at radius 1 is 1.21 bits per heavy atom. The van der Waals surface area contributed by atoms with E-state index in [1.165, 1.54) is 0 Å². The minimum atomic E-state index is -0.0385. The maximum atomic E-state index is 13.0. The van der Waals surface area contributed by atoms with Crippen LogP contribution < -0.4 is 0 Å². The summed E-state index contributed by atoms with van der Waals surface area (Å²) in [5.74, 6) is -0.0385. The molecule has 0 bridgehead atoms. The normalized spacial score (nSPS) is 18.0. The van der Waals surface area contributed by atoms with Crippen LogP contribution in [-0.2, 0) is 0 Å². The van der Waals surface area contributed by atoms with Crippen molar-refractivity contribution in [3.05, 3.63) is 65.3 Å². The smallest absolute Gasteiger partial charge is 0.274 e. The van der Waals surface area contributed by atoms with E-state index in [4.69, 9.17) is 11.6 Å². The molecule has 3 aromatic heterocycles. The number of pyridine rings is 2. The van der Waals surface area contributed by atoms with Gasteiger partial charge in [0.15, 0.2) is 0 Å². The number of piperidine rings is 1. The molecule has 5 nitrogen and oxygen atoms in total. The molecule has 122 valence electrons. The van der Waals surface area contributed by atoms with Crippen molar-refractivity contribution < 1.29 is 4.79 Å². The molecule has 1 aliphatic heterocycles. The van der Waals surface area contributed by atoms with Crippen molar-refractivity contribution in [2.45, 2.75) is 25.3 Å². The van der Waals surface area contributed by atoms with Crippen molar-refractivity contribution in [1.82, 2.24) is 19.3 Å². The number of likely N-dealkylation sites (tertiary alicyclic amines) is 1. The van der Waals surface area contributed by atoms with Gasteiger partial charge >= 0.3 is 0 Å². The highest BCUT2D eigenvalue weighted by Crippen LogP contribution is 2.31. The Hall–Kier alpha value is -2.40. The summed E-state index contributed by atoms with van der Waals surface area (Å²) in [5, 5.41) is 0.616. The summed E-state index contributed by atoms with van der Waals surface area (Å²) < 4.78 is 1.79. The number of carbonyl (C=O) groups is 1. The van der Waals surface area contributed by atoms with Gasteiger partial charge in [0.05, 0.1) is 11.1 Å². The van der Waals surface area contributed by atoms with E-state index in [-0.39, 0.29) is 11.9 Å². The second-order valence-corrected chi connectivity index (χ2v) is 6.47. The van der Waals surface area contributed by atoms with Gasteiger partial charge in [-0.1, -0.05) is 17.7 Å². The first-order valence-electron chi connectivity index (χ1n) is 8.07. The predicted molar refractivity (Wildman–Crippen MR) is 92.1 cm³/mol. The van der Waals surface area contributed by atoms with Crippen LogP contribution in [0.1, 0.15) is 41.4 Å². The highest BCUT2D eigenvalue weighted by molar-refractivity contribution is 6.30. The van der Waals surface area contributed by atoms with Crippen LogP contribution in [0.5, 0.6) is 0 Å². The van der Waals surface area contributed by atoms with E-state index in [2.05, 4.69) is 9.97 Å². The Kier molecular flexibility index (Phi) is 3.94. The van der Waals surface area contributed by atoms with Gasteiger partial charge in [0, 0.05) is 31.3 Å². The van der Waals surface area contributed by atoms with Crippen LogP contribution in [0, 0.1) is 0 Å². The van der Waals surface area contributed by atoms with E-state index < -0.39 is 0 Å². The van der Waals surface area contributed by atoms with E-state index in [9.17, 15) is 4.79 Å². The Bertz CT molecular complexity index is 877. The van der Waals surface area contributed by atoms with Crippen molar-refractivity contribution in [2.75, 3.05) is 6.54 Å². The van der Waals surface area contributed by atoms with Crippen LogP contribution in [-0.4, -0.2) is 31.7 Å². The van der Waals surface area contributed by atoms with Crippen LogP contribution >= 0.6 is 11.6 Å². The fourth-order valence-electron chi connectivity index (χ4n) is 3.31. The first-order valence-corrected chi connectivity index (χ1v) is 8.45. The molecule has 0 radical (unpaired) electrons. The summed E-state index contributed by atoms with van der Waals surface area (Å²) in [6.07, 6.45) is 10.2. The van der Waals surface area contributed by atoms with Crippen molar-refractivity contribution in [1.29, 1.82) is 0 Å². The molecule has 0 N–H and O–H groups in total. The van der Waals surface area contributed by atoms with Gasteiger partial charge in [-0.15, -0.1) is 0 Å². The lowest BCUT2D eigenvalue weighted by Crippen LogP contribution is -2.38. The minimum absolute atomic E-state index is 0.0385. The van der Waals surface area contributed by atoms with Gasteiger partial charge in [0.1, 0.15) is 11.3 Å². The van der Waals surface area contributed by atoms with Crippen LogP contribution in [0.25, 0.3) is 5.65 Å². The third kappa shape index (κ3) is 2.76. The number of rotatable bonds is 2. The Labute approximate surface area is 144 Å². The summed E-state index contributed by atoms with van der Waals surface area (Å²) in [4.78, 5) is 23.6. The fourth-order valence-corrected chi connectivity index (χ4v) is 3.48. The van der Waals surface area contributed by atoms with E-state index in [0.29, 0.717) is 10.7 Å². The van der Waals surface area contributed by atoms with Crippen LogP contribution in [0.3, 0.4) is 0 Å². The number of imidazole rings is 1.